The number of carboxylic acid groups (broad SMARTS) is 1. The first-order valence-corrected chi connectivity index (χ1v) is 8.22. The number of methoxy groups -OCH3 is 1. The van der Waals surface area contributed by atoms with Crippen molar-refractivity contribution in [2.45, 2.75) is 39.7 Å². The standard InChI is InChI=1S/C18H25NO6/c1-18(2,3)6-5-12(17(21)22)19-16(20)11-9-13(23-4)15-14(10-11)24-7-8-25-15/h9-10,12H,5-8H2,1-4H3,(H,19,20)(H,21,22). The van der Waals surface area contributed by atoms with E-state index in [-0.39, 0.29) is 11.0 Å². The predicted molar refractivity (Wildman–Crippen MR) is 91.6 cm³/mol. The van der Waals surface area contributed by atoms with Crippen LogP contribution in [0.4, 0.5) is 0 Å². The summed E-state index contributed by atoms with van der Waals surface area (Å²) < 4.78 is 16.2. The van der Waals surface area contributed by atoms with E-state index in [1.54, 1.807) is 0 Å². The number of fused-ring (bicyclic) bond motifs is 1. The summed E-state index contributed by atoms with van der Waals surface area (Å²) >= 11 is 0. The van der Waals surface area contributed by atoms with Gasteiger partial charge in [0.1, 0.15) is 19.3 Å². The molecule has 0 saturated heterocycles. The number of rotatable bonds is 6. The van der Waals surface area contributed by atoms with E-state index < -0.39 is 17.9 Å². The molecule has 0 radical (unpaired) electrons. The summed E-state index contributed by atoms with van der Waals surface area (Å²) in [5.41, 5.74) is 0.252. The van der Waals surface area contributed by atoms with Crippen LogP contribution in [0.25, 0.3) is 0 Å². The van der Waals surface area contributed by atoms with Crippen molar-refractivity contribution >= 4 is 11.9 Å². The molecule has 1 amide bonds. The highest BCUT2D eigenvalue weighted by atomic mass is 16.6. The maximum absolute atomic E-state index is 12.5. The summed E-state index contributed by atoms with van der Waals surface area (Å²) in [5.74, 6) is -0.298. The third kappa shape index (κ3) is 5.01. The van der Waals surface area contributed by atoms with Gasteiger partial charge in [0.05, 0.1) is 7.11 Å². The summed E-state index contributed by atoms with van der Waals surface area (Å²) in [6, 6.07) is 2.10. The second kappa shape index (κ2) is 7.63. The number of carboxylic acids is 1. The smallest absolute Gasteiger partial charge is 0.326 e. The Morgan fingerprint density at radius 1 is 1.28 bits per heavy atom. The molecule has 138 valence electrons. The van der Waals surface area contributed by atoms with Gasteiger partial charge in [-0.3, -0.25) is 4.79 Å². The van der Waals surface area contributed by atoms with Crippen molar-refractivity contribution in [1.82, 2.24) is 5.32 Å². The van der Waals surface area contributed by atoms with Crippen LogP contribution in [0.5, 0.6) is 17.2 Å². The number of benzene rings is 1. The fourth-order valence-electron chi connectivity index (χ4n) is 2.48. The first-order chi connectivity index (χ1) is 11.7. The summed E-state index contributed by atoms with van der Waals surface area (Å²) in [6.07, 6.45) is 1.03. The lowest BCUT2D eigenvalue weighted by atomic mass is 9.88. The zero-order valence-electron chi connectivity index (χ0n) is 15.0. The number of hydrogen-bond donors (Lipinski definition) is 2. The first-order valence-electron chi connectivity index (χ1n) is 8.22. The van der Waals surface area contributed by atoms with Gasteiger partial charge in [0.15, 0.2) is 11.5 Å². The first kappa shape index (κ1) is 18.9. The molecule has 0 aromatic heterocycles. The molecule has 0 saturated carbocycles. The average molecular weight is 351 g/mol. The number of carbonyl (C=O) groups is 2. The molecule has 2 N–H and O–H groups in total. The SMILES string of the molecule is COc1cc(C(=O)NC(CCC(C)(C)C)C(=O)O)cc2c1OCCO2. The highest BCUT2D eigenvalue weighted by Crippen LogP contribution is 2.40. The minimum absolute atomic E-state index is 0.0152. The van der Waals surface area contributed by atoms with Gasteiger partial charge in [-0.1, -0.05) is 20.8 Å². The van der Waals surface area contributed by atoms with Crippen molar-refractivity contribution in [1.29, 1.82) is 0 Å². The van der Waals surface area contributed by atoms with Crippen LogP contribution in [0, 0.1) is 5.41 Å². The van der Waals surface area contributed by atoms with Crippen molar-refractivity contribution in [3.8, 4) is 17.2 Å². The van der Waals surface area contributed by atoms with Gasteiger partial charge in [-0.05, 0) is 30.4 Å². The van der Waals surface area contributed by atoms with E-state index in [0.29, 0.717) is 43.3 Å². The molecule has 1 aromatic carbocycles. The third-order valence-corrected chi connectivity index (χ3v) is 3.88. The molecule has 0 spiro atoms. The molecule has 0 aliphatic carbocycles. The van der Waals surface area contributed by atoms with Crippen LogP contribution in [-0.4, -0.2) is 43.3 Å². The number of amides is 1. The number of aliphatic carboxylic acids is 1. The topological polar surface area (TPSA) is 94.1 Å². The fourth-order valence-corrected chi connectivity index (χ4v) is 2.48. The Morgan fingerprint density at radius 3 is 2.56 bits per heavy atom. The Balaban J connectivity index is 2.17. The highest BCUT2D eigenvalue weighted by molar-refractivity contribution is 5.97. The van der Waals surface area contributed by atoms with E-state index >= 15 is 0 Å². The van der Waals surface area contributed by atoms with Crippen molar-refractivity contribution in [3.63, 3.8) is 0 Å². The summed E-state index contributed by atoms with van der Waals surface area (Å²) in [4.78, 5) is 24.0. The molecule has 25 heavy (non-hydrogen) atoms. The Bertz CT molecular complexity index is 632. The van der Waals surface area contributed by atoms with Gasteiger partial charge in [0, 0.05) is 5.56 Å². The maximum atomic E-state index is 12.5. The lowest BCUT2D eigenvalue weighted by Crippen LogP contribution is -2.41. The van der Waals surface area contributed by atoms with E-state index in [2.05, 4.69) is 5.32 Å². The second-order valence-electron chi connectivity index (χ2n) is 7.17. The lowest BCUT2D eigenvalue weighted by Gasteiger charge is -2.23. The van der Waals surface area contributed by atoms with E-state index in [4.69, 9.17) is 14.2 Å². The summed E-state index contributed by atoms with van der Waals surface area (Å²) in [5, 5.41) is 11.9. The van der Waals surface area contributed by atoms with Crippen molar-refractivity contribution in [2.75, 3.05) is 20.3 Å². The third-order valence-electron chi connectivity index (χ3n) is 3.88. The number of ether oxygens (including phenoxy) is 3. The highest BCUT2D eigenvalue weighted by Gasteiger charge is 2.25. The van der Waals surface area contributed by atoms with Gasteiger partial charge in [-0.25, -0.2) is 4.79 Å². The molecule has 1 aliphatic heterocycles. The van der Waals surface area contributed by atoms with Crippen LogP contribution in [0.15, 0.2) is 12.1 Å². The van der Waals surface area contributed by atoms with Crippen molar-refractivity contribution in [2.24, 2.45) is 5.41 Å². The number of nitrogens with one attached hydrogen (secondary N) is 1. The van der Waals surface area contributed by atoms with Gasteiger partial charge in [-0.2, -0.15) is 0 Å². The molecule has 0 bridgehead atoms. The van der Waals surface area contributed by atoms with Crippen LogP contribution >= 0.6 is 0 Å². The molecule has 1 aliphatic rings. The number of hydrogen-bond acceptors (Lipinski definition) is 5. The Hall–Kier alpha value is -2.44. The molecule has 1 atom stereocenters. The van der Waals surface area contributed by atoms with Crippen molar-refractivity contribution < 1.29 is 28.9 Å². The molecule has 1 aromatic rings. The summed E-state index contributed by atoms with van der Waals surface area (Å²) in [6.45, 7) is 6.87. The number of carbonyl (C=O) groups excluding carboxylic acids is 1. The van der Waals surface area contributed by atoms with Gasteiger partial charge in [0.25, 0.3) is 5.91 Å². The maximum Gasteiger partial charge on any atom is 0.326 e. The summed E-state index contributed by atoms with van der Waals surface area (Å²) in [7, 11) is 1.47. The Kier molecular flexibility index (Phi) is 5.77. The van der Waals surface area contributed by atoms with E-state index in [1.807, 2.05) is 20.8 Å². The van der Waals surface area contributed by atoms with E-state index in [9.17, 15) is 14.7 Å². The van der Waals surface area contributed by atoms with Crippen LogP contribution in [0.2, 0.25) is 0 Å². The largest absolute Gasteiger partial charge is 0.493 e. The van der Waals surface area contributed by atoms with E-state index in [1.165, 1.54) is 19.2 Å². The molecule has 7 heteroatoms. The average Bonchev–Trinajstić information content (AvgIpc) is 2.56. The molecule has 1 heterocycles. The zero-order valence-corrected chi connectivity index (χ0v) is 15.0. The van der Waals surface area contributed by atoms with Crippen LogP contribution < -0.4 is 19.5 Å². The van der Waals surface area contributed by atoms with Gasteiger partial charge >= 0.3 is 5.97 Å². The molecule has 7 nitrogen and oxygen atoms in total. The van der Waals surface area contributed by atoms with Gasteiger partial charge in [-0.15, -0.1) is 0 Å². The van der Waals surface area contributed by atoms with Crippen LogP contribution in [0.1, 0.15) is 44.0 Å². The van der Waals surface area contributed by atoms with E-state index in [0.717, 1.165) is 0 Å². The normalized spacial score (nSPS) is 14.6. The Morgan fingerprint density at radius 2 is 1.96 bits per heavy atom. The van der Waals surface area contributed by atoms with Crippen LogP contribution in [-0.2, 0) is 4.79 Å². The predicted octanol–water partition coefficient (Wildman–Crippen LogP) is 2.48. The van der Waals surface area contributed by atoms with Crippen LogP contribution in [0.3, 0.4) is 0 Å². The monoisotopic (exact) mass is 351 g/mol. The lowest BCUT2D eigenvalue weighted by molar-refractivity contribution is -0.139. The Labute approximate surface area is 147 Å². The quantitative estimate of drug-likeness (QED) is 0.818. The fraction of sp³-hybridized carbons (Fsp3) is 0.556. The second-order valence-corrected chi connectivity index (χ2v) is 7.17. The molecule has 2 rings (SSSR count). The molecular formula is C18H25NO6. The minimum atomic E-state index is -1.05. The van der Waals surface area contributed by atoms with Gasteiger partial charge in [0.2, 0.25) is 5.75 Å². The van der Waals surface area contributed by atoms with Crippen molar-refractivity contribution in [3.05, 3.63) is 17.7 Å². The van der Waals surface area contributed by atoms with Gasteiger partial charge < -0.3 is 24.6 Å². The molecule has 1 unspecified atom stereocenters. The minimum Gasteiger partial charge on any atom is -0.493 e. The molecular weight excluding hydrogens is 326 g/mol. The zero-order chi connectivity index (χ0) is 18.6. The molecule has 0 fully saturated rings.